The molecule has 1 aromatic heterocycles. The summed E-state index contributed by atoms with van der Waals surface area (Å²) in [5.41, 5.74) is 1.93. The molecule has 10 heteroatoms. The van der Waals surface area contributed by atoms with Gasteiger partial charge in [0.05, 0.1) is 5.71 Å². The molecular weight excluding hydrogens is 442 g/mol. The minimum atomic E-state index is 0. The van der Waals surface area contributed by atoms with Crippen molar-refractivity contribution in [3.05, 3.63) is 30.1 Å². The maximum atomic E-state index is 5.35. The summed E-state index contributed by atoms with van der Waals surface area (Å²) in [7, 11) is 0. The topological polar surface area (TPSA) is 68.8 Å². The van der Waals surface area contributed by atoms with Crippen LogP contribution in [0.4, 0.5) is 0 Å². The predicted molar refractivity (Wildman–Crippen MR) is 119 cm³/mol. The van der Waals surface area contributed by atoms with Crippen LogP contribution in [0.1, 0.15) is 40.2 Å². The van der Waals surface area contributed by atoms with Gasteiger partial charge in [-0.1, -0.05) is 0 Å². The first kappa shape index (κ1) is 26.4. The molecule has 0 aliphatic rings. The summed E-state index contributed by atoms with van der Waals surface area (Å²) in [4.78, 5) is 8.05. The zero-order valence-electron chi connectivity index (χ0n) is 16.9. The number of pyridine rings is 1. The summed E-state index contributed by atoms with van der Waals surface area (Å²) in [6.45, 7) is 13.0. The molecule has 1 aromatic rings. The van der Waals surface area contributed by atoms with E-state index in [0.717, 1.165) is 31.7 Å². The average molecular weight is 469 g/mol. The molecule has 157 valence electrons. The molecule has 0 saturated carbocycles. The summed E-state index contributed by atoms with van der Waals surface area (Å²) in [6.07, 6.45) is 3.40. The summed E-state index contributed by atoms with van der Waals surface area (Å²) >= 11 is 10.7. The molecule has 0 N–H and O–H groups in total. The standard InChI is InChI=1S/C18H29N7S2.Cu/c1-6-24(7-2)17(26)22-20-14(5)16(15-11-10-12-19-13-15)21-23-18(27)25(8-3)9-4;/h10-13H,6-9H2,1-5H3,(H,22,26)(H,23,27);/q;+2/p-2/b20-14+,21-16-;. The Morgan fingerprint density at radius 1 is 0.893 bits per heavy atom. The van der Waals surface area contributed by atoms with Crippen LogP contribution in [-0.4, -0.2) is 62.7 Å². The SMILES string of the molecule is CCN(CC)/C([S-])=N/N=C(C)/C(=N/N=C(\[S-])N(CC)CC)c1cccnc1.[Cu+2]. The molecule has 0 spiro atoms. The van der Waals surface area contributed by atoms with E-state index in [4.69, 9.17) is 25.3 Å². The summed E-state index contributed by atoms with van der Waals surface area (Å²) in [5, 5.41) is 17.9. The Kier molecular flexibility index (Phi) is 13.6. The van der Waals surface area contributed by atoms with Crippen LogP contribution in [0.3, 0.4) is 0 Å². The fourth-order valence-electron chi connectivity index (χ4n) is 2.21. The minimum absolute atomic E-state index is 0. The van der Waals surface area contributed by atoms with E-state index in [0.29, 0.717) is 21.8 Å². The fraction of sp³-hybridized carbons (Fsp3) is 0.500. The molecule has 1 heterocycles. The second kappa shape index (κ2) is 14.4. The summed E-state index contributed by atoms with van der Waals surface area (Å²) in [5.74, 6) is 0. The van der Waals surface area contributed by atoms with Crippen LogP contribution < -0.4 is 0 Å². The van der Waals surface area contributed by atoms with Crippen molar-refractivity contribution in [1.29, 1.82) is 0 Å². The molecule has 0 fully saturated rings. The van der Waals surface area contributed by atoms with Gasteiger partial charge in [0.1, 0.15) is 5.71 Å². The Morgan fingerprint density at radius 2 is 1.39 bits per heavy atom. The van der Waals surface area contributed by atoms with E-state index in [1.165, 1.54) is 0 Å². The van der Waals surface area contributed by atoms with E-state index in [-0.39, 0.29) is 17.1 Å². The Labute approximate surface area is 189 Å². The van der Waals surface area contributed by atoms with Crippen molar-refractivity contribution in [2.45, 2.75) is 34.6 Å². The van der Waals surface area contributed by atoms with Crippen molar-refractivity contribution in [2.75, 3.05) is 26.2 Å². The van der Waals surface area contributed by atoms with Gasteiger partial charge in [-0.05, 0) is 46.8 Å². The van der Waals surface area contributed by atoms with Crippen LogP contribution in [0.2, 0.25) is 0 Å². The largest absolute Gasteiger partial charge is 2.00 e. The molecule has 0 bridgehead atoms. The Balaban J connectivity index is 0.00000729. The van der Waals surface area contributed by atoms with Gasteiger partial charge < -0.3 is 35.1 Å². The van der Waals surface area contributed by atoms with E-state index in [1.54, 1.807) is 12.4 Å². The number of amidine groups is 2. The van der Waals surface area contributed by atoms with Gasteiger partial charge in [0.25, 0.3) is 0 Å². The van der Waals surface area contributed by atoms with Gasteiger partial charge in [0.2, 0.25) is 0 Å². The van der Waals surface area contributed by atoms with Crippen molar-refractivity contribution < 1.29 is 17.1 Å². The molecule has 1 rings (SSSR count). The number of aromatic nitrogens is 1. The monoisotopic (exact) mass is 468 g/mol. The Bertz CT molecular complexity index is 697. The van der Waals surface area contributed by atoms with Crippen LogP contribution in [0.25, 0.3) is 0 Å². The van der Waals surface area contributed by atoms with Crippen molar-refractivity contribution in [3.8, 4) is 0 Å². The van der Waals surface area contributed by atoms with Crippen LogP contribution in [0, 0.1) is 0 Å². The zero-order valence-corrected chi connectivity index (χ0v) is 19.5. The van der Waals surface area contributed by atoms with Gasteiger partial charge in [-0.25, -0.2) is 0 Å². The van der Waals surface area contributed by atoms with Crippen LogP contribution in [0.5, 0.6) is 0 Å². The molecule has 0 atom stereocenters. The van der Waals surface area contributed by atoms with Crippen molar-refractivity contribution in [2.24, 2.45) is 20.4 Å². The second-order valence-electron chi connectivity index (χ2n) is 5.49. The third-order valence-electron chi connectivity index (χ3n) is 3.87. The molecule has 1 radical (unpaired) electrons. The molecular formula is C18H27CuN7S2. The van der Waals surface area contributed by atoms with Gasteiger partial charge in [-0.2, -0.15) is 15.3 Å². The van der Waals surface area contributed by atoms with Gasteiger partial charge in [0.15, 0.2) is 0 Å². The first-order valence-corrected chi connectivity index (χ1v) is 9.82. The molecule has 0 unspecified atom stereocenters. The number of hydrogen-bond donors (Lipinski definition) is 0. The Hall–Kier alpha value is -1.61. The van der Waals surface area contributed by atoms with E-state index in [9.17, 15) is 0 Å². The van der Waals surface area contributed by atoms with E-state index in [2.05, 4.69) is 25.4 Å². The number of rotatable bonds is 8. The maximum Gasteiger partial charge on any atom is 2.00 e. The first-order valence-electron chi connectivity index (χ1n) is 9.00. The third kappa shape index (κ3) is 8.18. The molecule has 0 aromatic carbocycles. The van der Waals surface area contributed by atoms with Crippen LogP contribution in [0.15, 0.2) is 44.9 Å². The summed E-state index contributed by atoms with van der Waals surface area (Å²) in [6, 6.07) is 3.72. The predicted octanol–water partition coefficient (Wildman–Crippen LogP) is 2.65. The number of hydrogen-bond acceptors (Lipinski definition) is 7. The van der Waals surface area contributed by atoms with E-state index >= 15 is 0 Å². The minimum Gasteiger partial charge on any atom is -0.741 e. The van der Waals surface area contributed by atoms with Crippen LogP contribution in [-0.2, 0) is 42.3 Å². The molecule has 0 amide bonds. The van der Waals surface area contributed by atoms with Crippen LogP contribution >= 0.6 is 0 Å². The molecule has 7 nitrogen and oxygen atoms in total. The van der Waals surface area contributed by atoms with Crippen molar-refractivity contribution in [1.82, 2.24) is 14.8 Å². The molecule has 0 aliphatic carbocycles. The molecule has 0 aliphatic heterocycles. The van der Waals surface area contributed by atoms with E-state index < -0.39 is 0 Å². The van der Waals surface area contributed by atoms with Gasteiger partial charge in [-0.3, -0.25) is 4.98 Å². The van der Waals surface area contributed by atoms with Gasteiger partial charge in [-0.15, -0.1) is 5.10 Å². The maximum absolute atomic E-state index is 5.35. The normalized spacial score (nSPS) is 13.2. The third-order valence-corrected chi connectivity index (χ3v) is 4.55. The van der Waals surface area contributed by atoms with Crippen molar-refractivity contribution >= 4 is 47.0 Å². The molecule has 0 saturated heterocycles. The fourth-order valence-corrected chi connectivity index (χ4v) is 2.81. The van der Waals surface area contributed by atoms with Gasteiger partial charge in [0, 0.05) is 54.5 Å². The number of nitrogens with zero attached hydrogens (tertiary/aromatic N) is 7. The first-order chi connectivity index (χ1) is 13.0. The zero-order chi connectivity index (χ0) is 20.2. The van der Waals surface area contributed by atoms with Crippen molar-refractivity contribution in [3.63, 3.8) is 0 Å². The quantitative estimate of drug-likeness (QED) is 0.193. The average Bonchev–Trinajstić information content (AvgIpc) is 2.69. The summed E-state index contributed by atoms with van der Waals surface area (Å²) < 4.78 is 0. The van der Waals surface area contributed by atoms with E-state index in [1.807, 2.05) is 56.6 Å². The van der Waals surface area contributed by atoms with Gasteiger partial charge >= 0.3 is 17.1 Å². The second-order valence-corrected chi connectivity index (χ2v) is 6.22. The smallest absolute Gasteiger partial charge is 0.741 e. The Morgan fingerprint density at radius 3 is 1.82 bits per heavy atom. The molecule has 28 heavy (non-hydrogen) atoms.